The zero-order chi connectivity index (χ0) is 18.2. The number of halogens is 3. The molecule has 3 N–H and O–H groups in total. The number of Topliss-reactive ketones (excluding diaryl/α,β-unsaturated/α-hetero) is 1. The molecule has 0 atom stereocenters. The van der Waals surface area contributed by atoms with E-state index < -0.39 is 17.6 Å². The van der Waals surface area contributed by atoms with Gasteiger partial charge < -0.3 is 15.6 Å². The maximum Gasteiger partial charge on any atom is 0.405 e. The number of nitrogens with zero attached hydrogens (tertiary/aromatic N) is 2. The van der Waals surface area contributed by atoms with Crippen LogP contribution in [0.15, 0.2) is 18.3 Å². The Balaban J connectivity index is 2.33. The van der Waals surface area contributed by atoms with E-state index in [0.29, 0.717) is 23.3 Å². The minimum absolute atomic E-state index is 0.150. The third-order valence-electron chi connectivity index (χ3n) is 2.60. The highest BCUT2D eigenvalue weighted by Crippen LogP contribution is 2.12. The third-order valence-corrected chi connectivity index (χ3v) is 3.56. The molecule has 0 aromatic carbocycles. The highest BCUT2D eigenvalue weighted by atomic mass is 32.2. The van der Waals surface area contributed by atoms with Crippen LogP contribution in [-0.4, -0.2) is 51.4 Å². The first kappa shape index (κ1) is 19.8. The van der Waals surface area contributed by atoms with Crippen LogP contribution in [0, 0.1) is 17.0 Å². The van der Waals surface area contributed by atoms with Crippen molar-refractivity contribution >= 4 is 17.5 Å². The average molecular weight is 367 g/mol. The number of hydrogen-bond acceptors (Lipinski definition) is 7. The van der Waals surface area contributed by atoms with Gasteiger partial charge in [-0.05, 0) is 6.92 Å². The maximum absolute atomic E-state index is 12.1. The van der Waals surface area contributed by atoms with E-state index in [1.807, 2.05) is 5.32 Å². The van der Waals surface area contributed by atoms with Crippen LogP contribution in [-0.2, 0) is 0 Å². The van der Waals surface area contributed by atoms with E-state index in [4.69, 9.17) is 0 Å². The summed E-state index contributed by atoms with van der Waals surface area (Å²) in [5, 5.41) is 14.8. The molecule has 24 heavy (non-hydrogen) atoms. The molecule has 0 fully saturated rings. The average Bonchev–Trinajstić information content (AvgIpc) is 2.88. The van der Waals surface area contributed by atoms with E-state index in [9.17, 15) is 28.1 Å². The fourth-order valence-electron chi connectivity index (χ4n) is 1.59. The van der Waals surface area contributed by atoms with Crippen LogP contribution in [0.25, 0.3) is 0 Å². The first-order valence-electron chi connectivity index (χ1n) is 6.70. The van der Waals surface area contributed by atoms with Gasteiger partial charge in [0.15, 0.2) is 11.6 Å². The Kier molecular flexibility index (Phi) is 7.55. The maximum atomic E-state index is 12.1. The summed E-state index contributed by atoms with van der Waals surface area (Å²) in [5.74, 6) is 0.0117. The molecule has 1 aromatic heterocycles. The molecule has 0 saturated heterocycles. The lowest BCUT2D eigenvalue weighted by Gasteiger charge is -2.12. The monoisotopic (exact) mass is 367 g/mol. The Morgan fingerprint density at radius 3 is 2.75 bits per heavy atom. The van der Waals surface area contributed by atoms with Gasteiger partial charge >= 0.3 is 6.18 Å². The van der Waals surface area contributed by atoms with Crippen molar-refractivity contribution in [2.75, 3.05) is 24.6 Å². The highest BCUT2D eigenvalue weighted by Gasteiger charge is 2.27. The number of thioether (sulfide) groups is 1. The second kappa shape index (κ2) is 9.15. The lowest BCUT2D eigenvalue weighted by Crippen LogP contribution is -2.35. The van der Waals surface area contributed by atoms with Gasteiger partial charge in [0.25, 0.3) is 6.20 Å². The van der Waals surface area contributed by atoms with Crippen LogP contribution in [0.5, 0.6) is 0 Å². The molecule has 0 spiro atoms. The number of H-pyrrole nitrogens is 1. The molecule has 134 valence electrons. The quantitative estimate of drug-likeness (QED) is 0.248. The first-order valence-corrected chi connectivity index (χ1v) is 7.85. The van der Waals surface area contributed by atoms with Crippen molar-refractivity contribution in [3.05, 3.63) is 39.9 Å². The Morgan fingerprint density at radius 2 is 2.21 bits per heavy atom. The molecular weight excluding hydrogens is 351 g/mol. The van der Waals surface area contributed by atoms with Crippen molar-refractivity contribution < 1.29 is 22.9 Å². The van der Waals surface area contributed by atoms with Gasteiger partial charge in [-0.3, -0.25) is 14.9 Å². The lowest BCUT2D eigenvalue weighted by atomic mass is 10.3. The summed E-state index contributed by atoms with van der Waals surface area (Å²) in [6.07, 6.45) is -2.65. The van der Waals surface area contributed by atoms with Crippen molar-refractivity contribution in [1.29, 1.82) is 0 Å². The number of carbonyl (C=O) groups excluding carboxylic acids is 1. The van der Waals surface area contributed by atoms with E-state index in [0.717, 1.165) is 0 Å². The number of aryl methyl sites for hydroxylation is 1. The summed E-state index contributed by atoms with van der Waals surface area (Å²) in [4.78, 5) is 28.0. The molecular formula is C12H16F3N5O3S. The molecule has 0 aliphatic heterocycles. The van der Waals surface area contributed by atoms with Crippen molar-refractivity contribution in [2.24, 2.45) is 0 Å². The summed E-state index contributed by atoms with van der Waals surface area (Å²) in [6.45, 7) is 0.485. The van der Waals surface area contributed by atoms with Gasteiger partial charge in [-0.2, -0.15) is 24.9 Å². The van der Waals surface area contributed by atoms with Crippen LogP contribution in [0.4, 0.5) is 13.2 Å². The minimum Gasteiger partial charge on any atom is -0.366 e. The summed E-state index contributed by atoms with van der Waals surface area (Å²) in [5.41, 5.74) is 1.00. The van der Waals surface area contributed by atoms with Crippen molar-refractivity contribution in [2.45, 2.75) is 13.1 Å². The van der Waals surface area contributed by atoms with Crippen LogP contribution in [0.3, 0.4) is 0 Å². The number of imidazole rings is 1. The first-order chi connectivity index (χ1) is 11.2. The lowest BCUT2D eigenvalue weighted by molar-refractivity contribution is -0.404. The molecule has 1 heterocycles. The number of carbonyl (C=O) groups is 1. The van der Waals surface area contributed by atoms with Gasteiger partial charge in [0, 0.05) is 18.0 Å². The molecule has 0 aliphatic rings. The van der Waals surface area contributed by atoms with Gasteiger partial charge in [0.1, 0.15) is 12.2 Å². The smallest absolute Gasteiger partial charge is 0.366 e. The number of aromatic amines is 1. The molecule has 1 rings (SSSR count). The van der Waals surface area contributed by atoms with E-state index in [2.05, 4.69) is 15.3 Å². The van der Waals surface area contributed by atoms with Crippen molar-refractivity contribution in [1.82, 2.24) is 20.6 Å². The summed E-state index contributed by atoms with van der Waals surface area (Å²) in [7, 11) is 0. The van der Waals surface area contributed by atoms with E-state index in [1.165, 1.54) is 18.1 Å². The van der Waals surface area contributed by atoms with Gasteiger partial charge in [-0.1, -0.05) is 0 Å². The number of nitrogens with one attached hydrogen (secondary N) is 3. The molecule has 0 amide bonds. The minimum atomic E-state index is -4.49. The fourth-order valence-corrected chi connectivity index (χ4v) is 2.30. The predicted molar refractivity (Wildman–Crippen MR) is 82.1 cm³/mol. The van der Waals surface area contributed by atoms with Crippen LogP contribution in [0.1, 0.15) is 16.2 Å². The Bertz CT molecular complexity index is 603. The van der Waals surface area contributed by atoms with E-state index >= 15 is 0 Å². The number of rotatable bonds is 10. The largest absolute Gasteiger partial charge is 0.405 e. The Morgan fingerprint density at radius 1 is 1.50 bits per heavy atom. The molecule has 0 aliphatic carbocycles. The number of aromatic nitrogens is 2. The van der Waals surface area contributed by atoms with Crippen molar-refractivity contribution in [3.8, 4) is 0 Å². The standard InChI is InChI=1S/C12H16F3N5O3S/c1-8-11(19-7-18-8)9(21)5-24-3-2-16-10(4-20(22)23)17-6-12(13,14)15/h4,7,16-17H,2-3,5-6H2,1H3,(H,18,19). The molecule has 0 radical (unpaired) electrons. The third kappa shape index (κ3) is 7.85. The summed E-state index contributed by atoms with van der Waals surface area (Å²) in [6, 6.07) is 0. The normalized spacial score (nSPS) is 12.1. The number of ketones is 1. The second-order valence-corrected chi connectivity index (χ2v) is 5.68. The van der Waals surface area contributed by atoms with Crippen molar-refractivity contribution in [3.63, 3.8) is 0 Å². The molecule has 0 bridgehead atoms. The molecule has 0 saturated carbocycles. The number of nitro groups is 1. The van der Waals surface area contributed by atoms with Gasteiger partial charge in [-0.25, -0.2) is 4.98 Å². The molecule has 1 aromatic rings. The SMILES string of the molecule is Cc1[nH]cnc1C(=O)CSCCNC(=C[N+](=O)[O-])NCC(F)(F)F. The summed E-state index contributed by atoms with van der Waals surface area (Å²) >= 11 is 1.24. The van der Waals surface area contributed by atoms with Crippen LogP contribution < -0.4 is 10.6 Å². The Hall–Kier alpha value is -2.24. The predicted octanol–water partition coefficient (Wildman–Crippen LogP) is 1.45. The zero-order valence-electron chi connectivity index (χ0n) is 12.6. The van der Waals surface area contributed by atoms with Gasteiger partial charge in [-0.15, -0.1) is 0 Å². The molecule has 8 nitrogen and oxygen atoms in total. The van der Waals surface area contributed by atoms with Crippen LogP contribution >= 0.6 is 11.8 Å². The number of hydrogen-bond donors (Lipinski definition) is 3. The van der Waals surface area contributed by atoms with E-state index in [1.54, 1.807) is 6.92 Å². The molecule has 12 heteroatoms. The van der Waals surface area contributed by atoms with Gasteiger partial charge in [0.2, 0.25) is 0 Å². The van der Waals surface area contributed by atoms with Crippen LogP contribution in [0.2, 0.25) is 0 Å². The zero-order valence-corrected chi connectivity index (χ0v) is 13.5. The van der Waals surface area contributed by atoms with E-state index in [-0.39, 0.29) is 23.9 Å². The fraction of sp³-hybridized carbons (Fsp3) is 0.500. The Labute approximate surface area is 139 Å². The summed E-state index contributed by atoms with van der Waals surface area (Å²) < 4.78 is 36.3. The number of alkyl halides is 3. The van der Waals surface area contributed by atoms with Gasteiger partial charge in [0.05, 0.1) is 17.0 Å². The molecule has 0 unspecified atom stereocenters. The highest BCUT2D eigenvalue weighted by molar-refractivity contribution is 8.00. The second-order valence-electron chi connectivity index (χ2n) is 4.58. The topological polar surface area (TPSA) is 113 Å².